The van der Waals surface area contributed by atoms with E-state index in [1.165, 1.54) is 24.1 Å². The lowest BCUT2D eigenvalue weighted by atomic mass is 10.2. The zero-order valence-electron chi connectivity index (χ0n) is 8.29. The minimum atomic E-state index is 0.183. The summed E-state index contributed by atoms with van der Waals surface area (Å²) in [6.45, 7) is 5.06. The van der Waals surface area contributed by atoms with Gasteiger partial charge in [0.15, 0.2) is 0 Å². The van der Waals surface area contributed by atoms with Gasteiger partial charge in [-0.05, 0) is 38.7 Å². The van der Waals surface area contributed by atoms with Crippen molar-refractivity contribution < 1.29 is 4.74 Å². The molecule has 0 aromatic carbocycles. The zero-order chi connectivity index (χ0) is 9.26. The van der Waals surface area contributed by atoms with E-state index in [2.05, 4.69) is 18.9 Å². The third-order valence-electron chi connectivity index (χ3n) is 2.72. The molecule has 0 bridgehead atoms. The second-order valence-electron chi connectivity index (χ2n) is 3.68. The van der Waals surface area contributed by atoms with Crippen LogP contribution in [0.5, 0.6) is 0 Å². The molecule has 3 heteroatoms. The van der Waals surface area contributed by atoms with Gasteiger partial charge in [-0.25, -0.2) is 4.68 Å². The molecule has 13 heavy (non-hydrogen) atoms. The lowest BCUT2D eigenvalue weighted by molar-refractivity contribution is -0.0406. The average Bonchev–Trinajstić information content (AvgIpc) is 2.49. The van der Waals surface area contributed by atoms with Crippen LogP contribution in [0.1, 0.15) is 36.7 Å². The fourth-order valence-corrected chi connectivity index (χ4v) is 1.72. The van der Waals surface area contributed by atoms with Gasteiger partial charge in [0.05, 0.1) is 6.20 Å². The summed E-state index contributed by atoms with van der Waals surface area (Å²) in [6, 6.07) is 0. The van der Waals surface area contributed by atoms with E-state index < -0.39 is 0 Å². The maximum absolute atomic E-state index is 5.66. The predicted molar refractivity (Wildman–Crippen MR) is 50.5 cm³/mol. The van der Waals surface area contributed by atoms with Gasteiger partial charge in [0, 0.05) is 12.3 Å². The monoisotopic (exact) mass is 180 g/mol. The van der Waals surface area contributed by atoms with Crippen molar-refractivity contribution >= 4 is 0 Å². The molecular formula is C10H16N2O. The number of aryl methyl sites for hydroxylation is 1. The van der Waals surface area contributed by atoms with Gasteiger partial charge in [0.25, 0.3) is 0 Å². The molecule has 1 aromatic heterocycles. The Morgan fingerprint density at radius 2 is 2.31 bits per heavy atom. The van der Waals surface area contributed by atoms with E-state index in [0.717, 1.165) is 13.0 Å². The largest absolute Gasteiger partial charge is 0.357 e. The van der Waals surface area contributed by atoms with Gasteiger partial charge in [-0.2, -0.15) is 5.10 Å². The van der Waals surface area contributed by atoms with Gasteiger partial charge in [-0.15, -0.1) is 0 Å². The highest BCUT2D eigenvalue weighted by atomic mass is 16.5. The first kappa shape index (κ1) is 8.75. The van der Waals surface area contributed by atoms with Crippen LogP contribution in [0.2, 0.25) is 0 Å². The van der Waals surface area contributed by atoms with E-state index in [0.29, 0.717) is 0 Å². The maximum atomic E-state index is 5.66. The highest BCUT2D eigenvalue weighted by molar-refractivity contribution is 5.13. The molecule has 2 heterocycles. The van der Waals surface area contributed by atoms with Crippen LogP contribution >= 0.6 is 0 Å². The predicted octanol–water partition coefficient (Wildman–Crippen LogP) is 2.20. The fraction of sp³-hybridized carbons (Fsp3) is 0.700. The molecule has 3 nitrogen and oxygen atoms in total. The normalized spacial score (nSPS) is 23.4. The summed E-state index contributed by atoms with van der Waals surface area (Å²) in [5.41, 5.74) is 2.47. The molecule has 1 unspecified atom stereocenters. The molecule has 1 aliphatic heterocycles. The molecular weight excluding hydrogens is 164 g/mol. The van der Waals surface area contributed by atoms with Crippen molar-refractivity contribution in [3.05, 3.63) is 17.5 Å². The van der Waals surface area contributed by atoms with Crippen LogP contribution < -0.4 is 0 Å². The Labute approximate surface area is 78.7 Å². The Morgan fingerprint density at radius 3 is 2.85 bits per heavy atom. The number of nitrogens with zero attached hydrogens (tertiary/aromatic N) is 2. The van der Waals surface area contributed by atoms with Gasteiger partial charge < -0.3 is 4.74 Å². The summed E-state index contributed by atoms with van der Waals surface area (Å²) in [4.78, 5) is 0. The van der Waals surface area contributed by atoms with Crippen LogP contribution in [0.3, 0.4) is 0 Å². The van der Waals surface area contributed by atoms with Crippen molar-refractivity contribution in [2.75, 3.05) is 6.61 Å². The number of rotatable bonds is 1. The second kappa shape index (κ2) is 3.50. The van der Waals surface area contributed by atoms with Crippen molar-refractivity contribution in [2.24, 2.45) is 0 Å². The number of aromatic nitrogens is 2. The molecule has 0 spiro atoms. The molecule has 2 rings (SSSR count). The molecule has 1 aromatic rings. The van der Waals surface area contributed by atoms with E-state index in [1.807, 2.05) is 10.9 Å². The Morgan fingerprint density at radius 1 is 1.46 bits per heavy atom. The highest BCUT2D eigenvalue weighted by Crippen LogP contribution is 2.23. The van der Waals surface area contributed by atoms with E-state index in [9.17, 15) is 0 Å². The summed E-state index contributed by atoms with van der Waals surface area (Å²) in [5, 5.41) is 4.33. The molecule has 1 fully saturated rings. The van der Waals surface area contributed by atoms with Gasteiger partial charge >= 0.3 is 0 Å². The van der Waals surface area contributed by atoms with E-state index in [4.69, 9.17) is 4.74 Å². The average molecular weight is 180 g/mol. The molecule has 0 aliphatic carbocycles. The molecule has 1 saturated heterocycles. The first-order valence-electron chi connectivity index (χ1n) is 4.91. The van der Waals surface area contributed by atoms with Crippen LogP contribution in [-0.4, -0.2) is 16.4 Å². The summed E-state index contributed by atoms with van der Waals surface area (Å²) < 4.78 is 7.67. The van der Waals surface area contributed by atoms with Crippen molar-refractivity contribution in [1.29, 1.82) is 0 Å². The van der Waals surface area contributed by atoms with E-state index in [1.54, 1.807) is 0 Å². The highest BCUT2D eigenvalue weighted by Gasteiger charge is 2.18. The number of hydrogen-bond acceptors (Lipinski definition) is 2. The van der Waals surface area contributed by atoms with Crippen LogP contribution in [0.15, 0.2) is 6.20 Å². The quantitative estimate of drug-likeness (QED) is 0.662. The lowest BCUT2D eigenvalue weighted by Crippen LogP contribution is -2.20. The molecule has 1 aliphatic rings. The van der Waals surface area contributed by atoms with Crippen molar-refractivity contribution in [3.63, 3.8) is 0 Å². The lowest BCUT2D eigenvalue weighted by Gasteiger charge is -2.23. The topological polar surface area (TPSA) is 27.1 Å². The Bertz CT molecular complexity index is 287. The molecule has 0 amide bonds. The Hall–Kier alpha value is -0.830. The number of ether oxygens (including phenoxy) is 1. The van der Waals surface area contributed by atoms with Crippen molar-refractivity contribution in [1.82, 2.24) is 9.78 Å². The van der Waals surface area contributed by atoms with Crippen LogP contribution in [0, 0.1) is 13.8 Å². The standard InChI is InChI=1S/C10H16N2O/c1-8-7-11-12(9(8)2)10-5-3-4-6-13-10/h7,10H,3-6H2,1-2H3. The zero-order valence-corrected chi connectivity index (χ0v) is 8.29. The number of hydrogen-bond donors (Lipinski definition) is 0. The third-order valence-corrected chi connectivity index (χ3v) is 2.72. The molecule has 0 N–H and O–H groups in total. The van der Waals surface area contributed by atoms with Gasteiger partial charge in [0.1, 0.15) is 6.23 Å². The first-order chi connectivity index (χ1) is 6.29. The molecule has 0 saturated carbocycles. The smallest absolute Gasteiger partial charge is 0.150 e. The van der Waals surface area contributed by atoms with Gasteiger partial charge in [-0.3, -0.25) is 0 Å². The van der Waals surface area contributed by atoms with Crippen molar-refractivity contribution in [2.45, 2.75) is 39.3 Å². The molecule has 1 atom stereocenters. The molecule has 72 valence electrons. The van der Waals surface area contributed by atoms with E-state index >= 15 is 0 Å². The van der Waals surface area contributed by atoms with Crippen LogP contribution in [-0.2, 0) is 4.74 Å². The minimum absolute atomic E-state index is 0.183. The first-order valence-corrected chi connectivity index (χ1v) is 4.91. The van der Waals surface area contributed by atoms with Gasteiger partial charge in [0.2, 0.25) is 0 Å². The van der Waals surface area contributed by atoms with Gasteiger partial charge in [-0.1, -0.05) is 0 Å². The molecule has 0 radical (unpaired) electrons. The fourth-order valence-electron chi connectivity index (χ4n) is 1.72. The van der Waals surface area contributed by atoms with E-state index in [-0.39, 0.29) is 6.23 Å². The SMILES string of the molecule is Cc1cnn(C2CCCCO2)c1C. The summed E-state index contributed by atoms with van der Waals surface area (Å²) in [6.07, 6.45) is 5.64. The Kier molecular flexibility index (Phi) is 2.36. The summed E-state index contributed by atoms with van der Waals surface area (Å²) in [5.74, 6) is 0. The Balaban J connectivity index is 2.18. The summed E-state index contributed by atoms with van der Waals surface area (Å²) in [7, 11) is 0. The summed E-state index contributed by atoms with van der Waals surface area (Å²) >= 11 is 0. The van der Waals surface area contributed by atoms with Crippen LogP contribution in [0.4, 0.5) is 0 Å². The second-order valence-corrected chi connectivity index (χ2v) is 3.68. The third kappa shape index (κ3) is 1.61. The minimum Gasteiger partial charge on any atom is -0.357 e. The maximum Gasteiger partial charge on any atom is 0.150 e. The van der Waals surface area contributed by atoms with Crippen LogP contribution in [0.25, 0.3) is 0 Å². The van der Waals surface area contributed by atoms with Crippen molar-refractivity contribution in [3.8, 4) is 0 Å².